The Morgan fingerprint density at radius 2 is 1.89 bits per heavy atom. The van der Waals surface area contributed by atoms with E-state index in [1.54, 1.807) is 0 Å². The lowest BCUT2D eigenvalue weighted by atomic mass is 10.1. The van der Waals surface area contributed by atoms with Gasteiger partial charge in [0.25, 0.3) is 0 Å². The molecular formula is C14H15ClN2O. The van der Waals surface area contributed by atoms with Crippen LogP contribution in [0.15, 0.2) is 30.6 Å². The van der Waals surface area contributed by atoms with Crippen LogP contribution in [-0.4, -0.2) is 16.6 Å². The molecule has 0 unspecified atom stereocenters. The number of hydrogen-bond acceptors (Lipinski definition) is 3. The third-order valence-corrected chi connectivity index (χ3v) is 3.00. The molecule has 0 radical (unpaired) electrons. The highest BCUT2D eigenvalue weighted by molar-refractivity contribution is 6.30. The largest absolute Gasteiger partial charge is 0.494 e. The Kier molecular flexibility index (Phi) is 4.15. The Balaban J connectivity index is 2.26. The van der Waals surface area contributed by atoms with Crippen molar-refractivity contribution in [1.82, 2.24) is 9.97 Å². The summed E-state index contributed by atoms with van der Waals surface area (Å²) in [7, 11) is 0. The summed E-state index contributed by atoms with van der Waals surface area (Å²) in [6, 6.07) is 7.86. The highest BCUT2D eigenvalue weighted by atomic mass is 35.5. The molecule has 0 spiro atoms. The fourth-order valence-electron chi connectivity index (χ4n) is 1.65. The summed E-state index contributed by atoms with van der Waals surface area (Å²) in [4.78, 5) is 8.22. The van der Waals surface area contributed by atoms with Gasteiger partial charge in [0, 0.05) is 11.1 Å². The highest BCUT2D eigenvalue weighted by Gasteiger charge is 2.07. The van der Waals surface area contributed by atoms with Crippen LogP contribution in [0.1, 0.15) is 18.9 Å². The molecule has 0 atom stereocenters. The van der Waals surface area contributed by atoms with Gasteiger partial charge in [-0.25, -0.2) is 9.97 Å². The molecule has 0 amide bonds. The molecular weight excluding hydrogens is 248 g/mol. The Morgan fingerprint density at radius 1 is 1.17 bits per heavy atom. The van der Waals surface area contributed by atoms with E-state index in [0.29, 0.717) is 5.15 Å². The first-order valence-corrected chi connectivity index (χ1v) is 6.30. The van der Waals surface area contributed by atoms with Crippen molar-refractivity contribution in [2.75, 3.05) is 6.61 Å². The van der Waals surface area contributed by atoms with Gasteiger partial charge in [0.15, 0.2) is 0 Å². The van der Waals surface area contributed by atoms with Crippen LogP contribution >= 0.6 is 11.6 Å². The Labute approximate surface area is 112 Å². The average molecular weight is 263 g/mol. The number of aromatic nitrogens is 2. The van der Waals surface area contributed by atoms with E-state index in [9.17, 15) is 0 Å². The fourth-order valence-corrected chi connectivity index (χ4v) is 1.78. The number of hydrogen-bond donors (Lipinski definition) is 0. The molecule has 3 nitrogen and oxygen atoms in total. The van der Waals surface area contributed by atoms with Crippen molar-refractivity contribution >= 4 is 11.6 Å². The standard InChI is InChI=1S/C14H15ClN2O/c1-3-8-18-12-6-4-11(5-7-12)13-10(2)14(15)17-9-16-13/h4-7,9H,3,8H2,1-2H3. The molecule has 0 fully saturated rings. The molecule has 2 aromatic rings. The SMILES string of the molecule is CCCOc1ccc(-c2ncnc(Cl)c2C)cc1. The van der Waals surface area contributed by atoms with Gasteiger partial charge in [0.05, 0.1) is 12.3 Å². The molecule has 0 bridgehead atoms. The van der Waals surface area contributed by atoms with Gasteiger partial charge in [-0.15, -0.1) is 0 Å². The van der Waals surface area contributed by atoms with E-state index in [1.807, 2.05) is 31.2 Å². The van der Waals surface area contributed by atoms with Crippen molar-refractivity contribution in [2.45, 2.75) is 20.3 Å². The summed E-state index contributed by atoms with van der Waals surface area (Å²) in [5.74, 6) is 0.874. The van der Waals surface area contributed by atoms with E-state index in [-0.39, 0.29) is 0 Å². The van der Waals surface area contributed by atoms with Gasteiger partial charge in [0.1, 0.15) is 17.2 Å². The zero-order valence-corrected chi connectivity index (χ0v) is 11.2. The second-order valence-corrected chi connectivity index (χ2v) is 4.37. The van der Waals surface area contributed by atoms with E-state index in [4.69, 9.17) is 16.3 Å². The first kappa shape index (κ1) is 12.8. The van der Waals surface area contributed by atoms with Gasteiger partial charge in [-0.05, 0) is 37.6 Å². The molecule has 2 rings (SSSR count). The monoisotopic (exact) mass is 262 g/mol. The van der Waals surface area contributed by atoms with Crippen LogP contribution in [0.3, 0.4) is 0 Å². The summed E-state index contributed by atoms with van der Waals surface area (Å²) >= 11 is 5.99. The van der Waals surface area contributed by atoms with Crippen LogP contribution in [0.4, 0.5) is 0 Å². The lowest BCUT2D eigenvalue weighted by Gasteiger charge is -2.08. The Bertz CT molecular complexity index is 526. The molecule has 1 aromatic heterocycles. The average Bonchev–Trinajstić information content (AvgIpc) is 2.40. The van der Waals surface area contributed by atoms with Gasteiger partial charge >= 0.3 is 0 Å². The molecule has 0 aliphatic heterocycles. The zero-order chi connectivity index (χ0) is 13.0. The number of nitrogens with zero attached hydrogens (tertiary/aromatic N) is 2. The molecule has 18 heavy (non-hydrogen) atoms. The molecule has 1 heterocycles. The van der Waals surface area contributed by atoms with Crippen LogP contribution in [0.25, 0.3) is 11.3 Å². The lowest BCUT2D eigenvalue weighted by Crippen LogP contribution is -1.95. The topological polar surface area (TPSA) is 35.0 Å². The first-order chi connectivity index (χ1) is 8.72. The molecule has 0 N–H and O–H groups in total. The summed E-state index contributed by atoms with van der Waals surface area (Å²) in [6.07, 6.45) is 2.48. The predicted octanol–water partition coefficient (Wildman–Crippen LogP) is 3.89. The number of ether oxygens (including phenoxy) is 1. The van der Waals surface area contributed by atoms with Crippen LogP contribution in [0, 0.1) is 6.92 Å². The van der Waals surface area contributed by atoms with E-state index in [0.717, 1.165) is 35.6 Å². The maximum Gasteiger partial charge on any atom is 0.135 e. The summed E-state index contributed by atoms with van der Waals surface area (Å²) in [6.45, 7) is 4.73. The molecule has 94 valence electrons. The van der Waals surface area contributed by atoms with Gasteiger partial charge in [0.2, 0.25) is 0 Å². The minimum atomic E-state index is 0.492. The lowest BCUT2D eigenvalue weighted by molar-refractivity contribution is 0.317. The van der Waals surface area contributed by atoms with E-state index >= 15 is 0 Å². The second-order valence-electron chi connectivity index (χ2n) is 4.01. The van der Waals surface area contributed by atoms with Crippen LogP contribution in [0.2, 0.25) is 5.15 Å². The molecule has 1 aromatic carbocycles. The fraction of sp³-hybridized carbons (Fsp3) is 0.286. The minimum Gasteiger partial charge on any atom is -0.494 e. The maximum absolute atomic E-state index is 5.99. The van der Waals surface area contributed by atoms with Crippen LogP contribution in [0.5, 0.6) is 5.75 Å². The number of halogens is 1. The van der Waals surface area contributed by atoms with Crippen molar-refractivity contribution in [3.63, 3.8) is 0 Å². The van der Waals surface area contributed by atoms with Crippen molar-refractivity contribution in [3.8, 4) is 17.0 Å². The van der Waals surface area contributed by atoms with Gasteiger partial charge in [-0.3, -0.25) is 0 Å². The van der Waals surface area contributed by atoms with Gasteiger partial charge in [-0.1, -0.05) is 18.5 Å². The smallest absolute Gasteiger partial charge is 0.135 e. The minimum absolute atomic E-state index is 0.492. The van der Waals surface area contributed by atoms with Gasteiger partial charge in [-0.2, -0.15) is 0 Å². The normalized spacial score (nSPS) is 10.4. The predicted molar refractivity (Wildman–Crippen MR) is 73.0 cm³/mol. The van der Waals surface area contributed by atoms with E-state index in [2.05, 4.69) is 16.9 Å². The maximum atomic E-state index is 5.99. The van der Waals surface area contributed by atoms with Crippen molar-refractivity contribution < 1.29 is 4.74 Å². The first-order valence-electron chi connectivity index (χ1n) is 5.92. The summed E-state index contributed by atoms with van der Waals surface area (Å²) in [5, 5.41) is 0.492. The Morgan fingerprint density at radius 3 is 2.56 bits per heavy atom. The van der Waals surface area contributed by atoms with Crippen molar-refractivity contribution in [1.29, 1.82) is 0 Å². The summed E-state index contributed by atoms with van der Waals surface area (Å²) < 4.78 is 5.54. The number of rotatable bonds is 4. The highest BCUT2D eigenvalue weighted by Crippen LogP contribution is 2.26. The van der Waals surface area contributed by atoms with E-state index in [1.165, 1.54) is 6.33 Å². The molecule has 0 aliphatic carbocycles. The molecule has 0 saturated heterocycles. The van der Waals surface area contributed by atoms with E-state index < -0.39 is 0 Å². The quantitative estimate of drug-likeness (QED) is 0.784. The van der Waals surface area contributed by atoms with Gasteiger partial charge < -0.3 is 4.74 Å². The van der Waals surface area contributed by atoms with Crippen molar-refractivity contribution in [3.05, 3.63) is 41.3 Å². The second kappa shape index (κ2) is 5.83. The third kappa shape index (κ3) is 2.79. The Hall–Kier alpha value is -1.61. The zero-order valence-electron chi connectivity index (χ0n) is 10.5. The third-order valence-electron chi connectivity index (χ3n) is 2.62. The molecule has 0 saturated carbocycles. The number of benzene rings is 1. The van der Waals surface area contributed by atoms with Crippen LogP contribution < -0.4 is 4.74 Å². The summed E-state index contributed by atoms with van der Waals surface area (Å²) in [5.41, 5.74) is 2.76. The van der Waals surface area contributed by atoms with Crippen LogP contribution in [-0.2, 0) is 0 Å². The van der Waals surface area contributed by atoms with Crippen molar-refractivity contribution in [2.24, 2.45) is 0 Å². The molecule has 0 aliphatic rings. The molecule has 4 heteroatoms.